The van der Waals surface area contributed by atoms with Gasteiger partial charge in [0.2, 0.25) is 5.91 Å². The van der Waals surface area contributed by atoms with Crippen LogP contribution in [0.2, 0.25) is 0 Å². The van der Waals surface area contributed by atoms with Gasteiger partial charge >= 0.3 is 5.97 Å². The van der Waals surface area contributed by atoms with E-state index in [1.165, 1.54) is 0 Å². The second kappa shape index (κ2) is 5.67. The number of carboxylic acid groups (broad SMARTS) is 1. The molecule has 0 saturated carbocycles. The number of hydrogen-bond donors (Lipinski definition) is 2. The van der Waals surface area contributed by atoms with Crippen LogP contribution in [0.3, 0.4) is 0 Å². The van der Waals surface area contributed by atoms with Crippen molar-refractivity contribution >= 4 is 11.9 Å². The summed E-state index contributed by atoms with van der Waals surface area (Å²) in [7, 11) is 1.59. The van der Waals surface area contributed by atoms with E-state index in [9.17, 15) is 9.59 Å². The summed E-state index contributed by atoms with van der Waals surface area (Å²) in [5.74, 6) is -1.14. The summed E-state index contributed by atoms with van der Waals surface area (Å²) in [5, 5.41) is 11.3. The molecule has 15 heavy (non-hydrogen) atoms. The molecule has 0 aromatic carbocycles. The lowest BCUT2D eigenvalue weighted by atomic mass is 10.1. The maximum atomic E-state index is 11.8. The number of carbonyl (C=O) groups is 2. The van der Waals surface area contributed by atoms with Crippen LogP contribution < -0.4 is 5.32 Å². The normalized spacial score (nSPS) is 18.6. The molecule has 2 N–H and O–H groups in total. The Morgan fingerprint density at radius 3 is 2.53 bits per heavy atom. The molecule has 1 atom stereocenters. The van der Waals surface area contributed by atoms with Crippen molar-refractivity contribution in [2.45, 2.75) is 12.5 Å². The Hall–Kier alpha value is -1.14. The van der Waals surface area contributed by atoms with Gasteiger partial charge in [0.1, 0.15) is 0 Å². The molecule has 0 aromatic rings. The number of ether oxygens (including phenoxy) is 1. The van der Waals surface area contributed by atoms with Gasteiger partial charge in [-0.2, -0.15) is 0 Å². The van der Waals surface area contributed by atoms with Gasteiger partial charge in [-0.05, 0) is 7.05 Å². The maximum Gasteiger partial charge on any atom is 0.305 e. The van der Waals surface area contributed by atoms with Crippen LogP contribution in [0.5, 0.6) is 0 Å². The number of carbonyl (C=O) groups excluding carboxylic acids is 1. The molecule has 86 valence electrons. The number of carboxylic acids is 1. The maximum absolute atomic E-state index is 11.8. The first-order chi connectivity index (χ1) is 7.15. The van der Waals surface area contributed by atoms with Crippen LogP contribution in [0.15, 0.2) is 0 Å². The lowest BCUT2D eigenvalue weighted by molar-refractivity contribution is -0.144. The second-order valence-corrected chi connectivity index (χ2v) is 3.38. The van der Waals surface area contributed by atoms with E-state index in [0.717, 1.165) is 0 Å². The highest BCUT2D eigenvalue weighted by Crippen LogP contribution is 2.03. The first-order valence-electron chi connectivity index (χ1n) is 4.90. The zero-order valence-electron chi connectivity index (χ0n) is 8.73. The van der Waals surface area contributed by atoms with E-state index >= 15 is 0 Å². The number of amides is 1. The van der Waals surface area contributed by atoms with Gasteiger partial charge in [0.05, 0.1) is 25.7 Å². The number of nitrogens with one attached hydrogen (secondary N) is 1. The molecule has 1 aliphatic heterocycles. The summed E-state index contributed by atoms with van der Waals surface area (Å²) in [6.45, 7) is 2.12. The average Bonchev–Trinajstić information content (AvgIpc) is 2.26. The Bertz CT molecular complexity index is 238. The van der Waals surface area contributed by atoms with Gasteiger partial charge in [-0.1, -0.05) is 0 Å². The smallest absolute Gasteiger partial charge is 0.305 e. The van der Waals surface area contributed by atoms with Crippen LogP contribution in [0, 0.1) is 0 Å². The van der Waals surface area contributed by atoms with Gasteiger partial charge < -0.3 is 20.1 Å². The van der Waals surface area contributed by atoms with E-state index in [-0.39, 0.29) is 12.3 Å². The van der Waals surface area contributed by atoms with Crippen LogP contribution >= 0.6 is 0 Å². The molecule has 0 radical (unpaired) electrons. The zero-order valence-corrected chi connectivity index (χ0v) is 8.73. The topological polar surface area (TPSA) is 78.9 Å². The number of nitrogens with zero attached hydrogens (tertiary/aromatic N) is 1. The molecule has 0 aliphatic carbocycles. The summed E-state index contributed by atoms with van der Waals surface area (Å²) in [5.41, 5.74) is 0. The zero-order chi connectivity index (χ0) is 11.3. The molecule has 1 rings (SSSR count). The SMILES string of the molecule is CN[C@@H](CC(=O)O)C(=O)N1CCOCC1. The molecular formula is C9H16N2O4. The van der Waals surface area contributed by atoms with Crippen molar-refractivity contribution in [1.29, 1.82) is 0 Å². The molecule has 6 nitrogen and oxygen atoms in total. The fourth-order valence-corrected chi connectivity index (χ4v) is 1.49. The lowest BCUT2D eigenvalue weighted by Gasteiger charge is -2.29. The first-order valence-corrected chi connectivity index (χ1v) is 4.90. The number of hydrogen-bond acceptors (Lipinski definition) is 4. The molecule has 0 spiro atoms. The number of likely N-dealkylation sites (N-methyl/N-ethyl adjacent to an activating group) is 1. The minimum absolute atomic E-state index is 0.164. The third kappa shape index (κ3) is 3.49. The molecule has 0 unspecified atom stereocenters. The molecule has 0 aromatic heterocycles. The van der Waals surface area contributed by atoms with Crippen LogP contribution in [0.4, 0.5) is 0 Å². The van der Waals surface area contributed by atoms with Crippen LogP contribution in [-0.2, 0) is 14.3 Å². The summed E-state index contributed by atoms with van der Waals surface area (Å²) in [6.07, 6.45) is -0.188. The molecule has 1 saturated heterocycles. The molecule has 1 amide bonds. The predicted octanol–water partition coefficient (Wildman–Crippen LogP) is -1.09. The van der Waals surface area contributed by atoms with Gasteiger partial charge in [-0.25, -0.2) is 0 Å². The van der Waals surface area contributed by atoms with E-state index in [1.807, 2.05) is 0 Å². The Morgan fingerprint density at radius 2 is 2.07 bits per heavy atom. The van der Waals surface area contributed by atoms with Crippen molar-refractivity contribution in [3.05, 3.63) is 0 Å². The lowest BCUT2D eigenvalue weighted by Crippen LogP contribution is -2.50. The Labute approximate surface area is 88.2 Å². The summed E-state index contributed by atoms with van der Waals surface area (Å²) in [6, 6.07) is -0.638. The summed E-state index contributed by atoms with van der Waals surface area (Å²) in [4.78, 5) is 24.0. The molecule has 1 fully saturated rings. The Kier molecular flexibility index (Phi) is 4.51. The average molecular weight is 216 g/mol. The Balaban J connectivity index is 2.50. The molecular weight excluding hydrogens is 200 g/mol. The number of morpholine rings is 1. The second-order valence-electron chi connectivity index (χ2n) is 3.38. The van der Waals surface area contributed by atoms with Crippen molar-refractivity contribution in [3.63, 3.8) is 0 Å². The summed E-state index contributed by atoms with van der Waals surface area (Å²) >= 11 is 0. The Morgan fingerprint density at radius 1 is 1.47 bits per heavy atom. The summed E-state index contributed by atoms with van der Waals surface area (Å²) < 4.78 is 5.11. The fraction of sp³-hybridized carbons (Fsp3) is 0.778. The highest BCUT2D eigenvalue weighted by atomic mass is 16.5. The van der Waals surface area contributed by atoms with E-state index in [4.69, 9.17) is 9.84 Å². The van der Waals surface area contributed by atoms with E-state index in [1.54, 1.807) is 11.9 Å². The van der Waals surface area contributed by atoms with Crippen LogP contribution in [0.25, 0.3) is 0 Å². The third-order valence-corrected chi connectivity index (χ3v) is 2.35. The quantitative estimate of drug-likeness (QED) is 0.624. The van der Waals surface area contributed by atoms with Crippen molar-refractivity contribution in [1.82, 2.24) is 10.2 Å². The van der Waals surface area contributed by atoms with Gasteiger partial charge in [-0.3, -0.25) is 9.59 Å². The first kappa shape index (κ1) is 11.9. The van der Waals surface area contributed by atoms with Gasteiger partial charge in [-0.15, -0.1) is 0 Å². The van der Waals surface area contributed by atoms with E-state index in [2.05, 4.69) is 5.32 Å². The predicted molar refractivity (Wildman–Crippen MR) is 52.5 cm³/mol. The highest BCUT2D eigenvalue weighted by molar-refractivity contribution is 5.86. The van der Waals surface area contributed by atoms with Crippen molar-refractivity contribution in [2.24, 2.45) is 0 Å². The van der Waals surface area contributed by atoms with E-state index < -0.39 is 12.0 Å². The van der Waals surface area contributed by atoms with Crippen molar-refractivity contribution in [2.75, 3.05) is 33.4 Å². The third-order valence-electron chi connectivity index (χ3n) is 2.35. The molecule has 1 heterocycles. The van der Waals surface area contributed by atoms with Crippen molar-refractivity contribution in [3.8, 4) is 0 Å². The monoisotopic (exact) mass is 216 g/mol. The van der Waals surface area contributed by atoms with Gasteiger partial charge in [0.25, 0.3) is 0 Å². The van der Waals surface area contributed by atoms with Crippen molar-refractivity contribution < 1.29 is 19.4 Å². The van der Waals surface area contributed by atoms with Gasteiger partial charge in [0, 0.05) is 13.1 Å². The van der Waals surface area contributed by atoms with E-state index in [0.29, 0.717) is 26.3 Å². The largest absolute Gasteiger partial charge is 0.481 e. The fourth-order valence-electron chi connectivity index (χ4n) is 1.49. The van der Waals surface area contributed by atoms with Crippen LogP contribution in [0.1, 0.15) is 6.42 Å². The standard InChI is InChI=1S/C9H16N2O4/c1-10-7(6-8(12)13)9(14)11-2-4-15-5-3-11/h7,10H,2-6H2,1H3,(H,12,13)/t7-/m0/s1. The number of rotatable bonds is 4. The highest BCUT2D eigenvalue weighted by Gasteiger charge is 2.26. The minimum Gasteiger partial charge on any atom is -0.481 e. The molecule has 1 aliphatic rings. The molecule has 0 bridgehead atoms. The minimum atomic E-state index is -0.976. The number of aliphatic carboxylic acids is 1. The molecule has 6 heteroatoms. The van der Waals surface area contributed by atoms with Gasteiger partial charge in [0.15, 0.2) is 0 Å². The van der Waals surface area contributed by atoms with Crippen LogP contribution in [-0.4, -0.2) is 61.3 Å².